The zero-order valence-electron chi connectivity index (χ0n) is 12.7. The summed E-state index contributed by atoms with van der Waals surface area (Å²) < 4.78 is 0. The zero-order valence-corrected chi connectivity index (χ0v) is 12.7. The standard InChI is InChI=1S/C16H34N2/c1-3-4-5-6-7-8-9-11-18-12-10-15(2)13-16(18)14-17/h15-16H,3-14,17H2,1-2H3. The van der Waals surface area contributed by atoms with Crippen molar-refractivity contribution in [2.75, 3.05) is 19.6 Å². The Hall–Kier alpha value is -0.0800. The summed E-state index contributed by atoms with van der Waals surface area (Å²) in [7, 11) is 0. The molecule has 0 aliphatic carbocycles. The van der Waals surface area contributed by atoms with Crippen LogP contribution in [0.1, 0.15) is 71.6 Å². The van der Waals surface area contributed by atoms with Gasteiger partial charge in [-0.1, -0.05) is 52.4 Å². The van der Waals surface area contributed by atoms with Crippen LogP contribution in [0.5, 0.6) is 0 Å². The molecule has 0 aromatic rings. The number of piperidine rings is 1. The van der Waals surface area contributed by atoms with Crippen LogP contribution >= 0.6 is 0 Å². The predicted molar refractivity (Wildman–Crippen MR) is 80.8 cm³/mol. The number of likely N-dealkylation sites (tertiary alicyclic amines) is 1. The molecule has 2 N–H and O–H groups in total. The maximum absolute atomic E-state index is 5.90. The van der Waals surface area contributed by atoms with Crippen LogP contribution in [0.4, 0.5) is 0 Å². The molecule has 0 aromatic carbocycles. The van der Waals surface area contributed by atoms with Gasteiger partial charge in [0.05, 0.1) is 0 Å². The molecule has 1 aliphatic rings. The van der Waals surface area contributed by atoms with Crippen molar-refractivity contribution < 1.29 is 0 Å². The molecule has 1 aliphatic heterocycles. The molecular formula is C16H34N2. The van der Waals surface area contributed by atoms with Crippen molar-refractivity contribution in [3.63, 3.8) is 0 Å². The Morgan fingerprint density at radius 1 is 1.06 bits per heavy atom. The Morgan fingerprint density at radius 2 is 1.72 bits per heavy atom. The van der Waals surface area contributed by atoms with Crippen LogP contribution in [0.2, 0.25) is 0 Å². The van der Waals surface area contributed by atoms with Gasteiger partial charge in [-0.15, -0.1) is 0 Å². The topological polar surface area (TPSA) is 29.3 Å². The van der Waals surface area contributed by atoms with E-state index in [-0.39, 0.29) is 0 Å². The Morgan fingerprint density at radius 3 is 2.39 bits per heavy atom. The maximum Gasteiger partial charge on any atom is 0.0220 e. The summed E-state index contributed by atoms with van der Waals surface area (Å²) in [5, 5.41) is 0. The van der Waals surface area contributed by atoms with Crippen LogP contribution in [0, 0.1) is 5.92 Å². The average molecular weight is 254 g/mol. The van der Waals surface area contributed by atoms with E-state index in [9.17, 15) is 0 Å². The van der Waals surface area contributed by atoms with Gasteiger partial charge in [-0.3, -0.25) is 4.90 Å². The van der Waals surface area contributed by atoms with E-state index in [0.29, 0.717) is 6.04 Å². The number of nitrogens with two attached hydrogens (primary N) is 1. The number of rotatable bonds is 9. The second-order valence-electron chi connectivity index (χ2n) is 6.18. The third kappa shape index (κ3) is 6.19. The summed E-state index contributed by atoms with van der Waals surface area (Å²) >= 11 is 0. The number of nitrogens with zero attached hydrogens (tertiary/aromatic N) is 1. The molecule has 0 aromatic heterocycles. The molecular weight excluding hydrogens is 220 g/mol. The lowest BCUT2D eigenvalue weighted by Crippen LogP contribution is -2.46. The minimum atomic E-state index is 0.661. The summed E-state index contributed by atoms with van der Waals surface area (Å²) in [4.78, 5) is 2.64. The van der Waals surface area contributed by atoms with E-state index in [2.05, 4.69) is 18.7 Å². The predicted octanol–water partition coefficient (Wildman–Crippen LogP) is 3.80. The minimum Gasteiger partial charge on any atom is -0.329 e. The summed E-state index contributed by atoms with van der Waals surface area (Å²) in [6.45, 7) is 8.06. The number of unbranched alkanes of at least 4 members (excludes halogenated alkanes) is 6. The number of hydrogen-bond donors (Lipinski definition) is 1. The Labute approximate surface area is 114 Å². The molecule has 2 unspecified atom stereocenters. The second kappa shape index (κ2) is 9.80. The van der Waals surface area contributed by atoms with E-state index in [1.165, 1.54) is 70.9 Å². The third-order valence-corrected chi connectivity index (χ3v) is 4.42. The highest BCUT2D eigenvalue weighted by Gasteiger charge is 2.24. The lowest BCUT2D eigenvalue weighted by Gasteiger charge is -2.38. The molecule has 0 spiro atoms. The van der Waals surface area contributed by atoms with Crippen LogP contribution in [0.3, 0.4) is 0 Å². The Bertz CT molecular complexity index is 194. The van der Waals surface area contributed by atoms with Gasteiger partial charge in [-0.25, -0.2) is 0 Å². The fourth-order valence-corrected chi connectivity index (χ4v) is 3.11. The van der Waals surface area contributed by atoms with Crippen LogP contribution in [0.25, 0.3) is 0 Å². The molecule has 2 heteroatoms. The first-order valence-corrected chi connectivity index (χ1v) is 8.22. The highest BCUT2D eigenvalue weighted by molar-refractivity contribution is 4.80. The molecule has 2 atom stereocenters. The van der Waals surface area contributed by atoms with Gasteiger partial charge in [0.15, 0.2) is 0 Å². The van der Waals surface area contributed by atoms with Gasteiger partial charge in [-0.2, -0.15) is 0 Å². The van der Waals surface area contributed by atoms with Crippen molar-refractivity contribution >= 4 is 0 Å². The van der Waals surface area contributed by atoms with Gasteiger partial charge in [0.2, 0.25) is 0 Å². The number of hydrogen-bond acceptors (Lipinski definition) is 2. The normalized spacial score (nSPS) is 25.5. The summed E-state index contributed by atoms with van der Waals surface area (Å²) in [6, 6.07) is 0.661. The van der Waals surface area contributed by atoms with E-state index in [0.717, 1.165) is 12.5 Å². The Balaban J connectivity index is 2.03. The molecule has 0 bridgehead atoms. The molecule has 1 fully saturated rings. The summed E-state index contributed by atoms with van der Waals surface area (Å²) in [5.74, 6) is 0.879. The fraction of sp³-hybridized carbons (Fsp3) is 1.00. The van der Waals surface area contributed by atoms with Crippen LogP contribution in [-0.2, 0) is 0 Å². The van der Waals surface area contributed by atoms with Gasteiger partial charge in [0.1, 0.15) is 0 Å². The van der Waals surface area contributed by atoms with E-state index < -0.39 is 0 Å². The van der Waals surface area contributed by atoms with Crippen molar-refractivity contribution in [3.8, 4) is 0 Å². The van der Waals surface area contributed by atoms with Gasteiger partial charge in [-0.05, 0) is 38.3 Å². The molecule has 0 amide bonds. The van der Waals surface area contributed by atoms with Crippen molar-refractivity contribution in [1.82, 2.24) is 4.90 Å². The maximum atomic E-state index is 5.90. The SMILES string of the molecule is CCCCCCCCCN1CCC(C)CC1CN. The van der Waals surface area contributed by atoms with E-state index >= 15 is 0 Å². The lowest BCUT2D eigenvalue weighted by molar-refractivity contribution is 0.120. The average Bonchev–Trinajstić information content (AvgIpc) is 2.39. The summed E-state index contributed by atoms with van der Waals surface area (Å²) in [6.07, 6.45) is 12.5. The highest BCUT2D eigenvalue weighted by atomic mass is 15.2. The van der Waals surface area contributed by atoms with Crippen molar-refractivity contribution in [2.24, 2.45) is 11.7 Å². The molecule has 0 saturated carbocycles. The first-order valence-electron chi connectivity index (χ1n) is 8.22. The van der Waals surface area contributed by atoms with Crippen molar-refractivity contribution in [1.29, 1.82) is 0 Å². The van der Waals surface area contributed by atoms with Gasteiger partial charge < -0.3 is 5.73 Å². The van der Waals surface area contributed by atoms with Crippen LogP contribution in [-0.4, -0.2) is 30.6 Å². The molecule has 18 heavy (non-hydrogen) atoms. The lowest BCUT2D eigenvalue weighted by atomic mass is 9.92. The molecule has 0 radical (unpaired) electrons. The molecule has 2 nitrogen and oxygen atoms in total. The van der Waals surface area contributed by atoms with Crippen LogP contribution < -0.4 is 5.73 Å². The monoisotopic (exact) mass is 254 g/mol. The van der Waals surface area contributed by atoms with Crippen molar-refractivity contribution in [3.05, 3.63) is 0 Å². The van der Waals surface area contributed by atoms with E-state index in [4.69, 9.17) is 5.73 Å². The molecule has 1 rings (SSSR count). The minimum absolute atomic E-state index is 0.661. The quantitative estimate of drug-likeness (QED) is 0.634. The highest BCUT2D eigenvalue weighted by Crippen LogP contribution is 2.22. The first-order chi connectivity index (χ1) is 8.77. The summed E-state index contributed by atoms with van der Waals surface area (Å²) in [5.41, 5.74) is 5.90. The van der Waals surface area contributed by atoms with E-state index in [1.54, 1.807) is 0 Å². The molecule has 108 valence electrons. The second-order valence-corrected chi connectivity index (χ2v) is 6.18. The Kier molecular flexibility index (Phi) is 8.70. The smallest absolute Gasteiger partial charge is 0.0220 e. The largest absolute Gasteiger partial charge is 0.329 e. The fourth-order valence-electron chi connectivity index (χ4n) is 3.11. The van der Waals surface area contributed by atoms with Gasteiger partial charge in [0.25, 0.3) is 0 Å². The van der Waals surface area contributed by atoms with Gasteiger partial charge in [0, 0.05) is 12.6 Å². The zero-order chi connectivity index (χ0) is 13.2. The van der Waals surface area contributed by atoms with Gasteiger partial charge >= 0.3 is 0 Å². The molecule has 1 saturated heterocycles. The van der Waals surface area contributed by atoms with Crippen molar-refractivity contribution in [2.45, 2.75) is 77.7 Å². The molecule has 1 heterocycles. The third-order valence-electron chi connectivity index (χ3n) is 4.42. The first kappa shape index (κ1) is 16.0. The van der Waals surface area contributed by atoms with Crippen LogP contribution in [0.15, 0.2) is 0 Å². The van der Waals surface area contributed by atoms with E-state index in [1.807, 2.05) is 0 Å².